The van der Waals surface area contributed by atoms with E-state index >= 15 is 0 Å². The number of amides is 1. The number of rotatable bonds is 5. The van der Waals surface area contributed by atoms with Crippen LogP contribution in [0.3, 0.4) is 0 Å². The van der Waals surface area contributed by atoms with Crippen molar-refractivity contribution in [3.05, 3.63) is 70.4 Å². The first-order valence-corrected chi connectivity index (χ1v) is 9.71. The van der Waals surface area contributed by atoms with Gasteiger partial charge in [-0.3, -0.25) is 10.1 Å². The van der Waals surface area contributed by atoms with Gasteiger partial charge in [0.2, 0.25) is 0 Å². The van der Waals surface area contributed by atoms with Crippen LogP contribution in [0.4, 0.5) is 9.52 Å². The van der Waals surface area contributed by atoms with E-state index in [0.29, 0.717) is 5.13 Å². The maximum absolute atomic E-state index is 13.0. The molecule has 2 aromatic heterocycles. The van der Waals surface area contributed by atoms with E-state index in [2.05, 4.69) is 15.3 Å². The molecule has 29 heavy (non-hydrogen) atoms. The van der Waals surface area contributed by atoms with Gasteiger partial charge in [0.05, 0.1) is 16.3 Å². The van der Waals surface area contributed by atoms with Crippen LogP contribution in [0.25, 0.3) is 22.2 Å². The van der Waals surface area contributed by atoms with Crippen LogP contribution in [-0.2, 0) is 9.53 Å². The Morgan fingerprint density at radius 2 is 2.07 bits per heavy atom. The Kier molecular flexibility index (Phi) is 5.28. The Hall–Kier alpha value is -3.23. The van der Waals surface area contributed by atoms with E-state index in [1.54, 1.807) is 0 Å². The van der Waals surface area contributed by atoms with Gasteiger partial charge < -0.3 is 9.72 Å². The number of carbonyl (C=O) groups is 2. The highest BCUT2D eigenvalue weighted by molar-refractivity contribution is 7.14. The first-order valence-electron chi connectivity index (χ1n) is 8.45. The Balaban J connectivity index is 1.39. The maximum Gasteiger partial charge on any atom is 0.340 e. The van der Waals surface area contributed by atoms with Gasteiger partial charge in [0.25, 0.3) is 5.91 Å². The van der Waals surface area contributed by atoms with E-state index in [0.717, 1.165) is 34.3 Å². The lowest BCUT2D eigenvalue weighted by Crippen LogP contribution is -2.21. The zero-order valence-corrected chi connectivity index (χ0v) is 16.3. The van der Waals surface area contributed by atoms with Gasteiger partial charge in [-0.2, -0.15) is 0 Å². The van der Waals surface area contributed by atoms with E-state index in [4.69, 9.17) is 16.3 Å². The van der Waals surface area contributed by atoms with E-state index in [-0.39, 0.29) is 10.6 Å². The molecule has 2 N–H and O–H groups in total. The van der Waals surface area contributed by atoms with E-state index in [1.807, 2.05) is 35.8 Å². The highest BCUT2D eigenvalue weighted by Gasteiger charge is 2.16. The molecule has 2 heterocycles. The summed E-state index contributed by atoms with van der Waals surface area (Å²) in [6, 6.07) is 11.1. The van der Waals surface area contributed by atoms with Crippen molar-refractivity contribution >= 4 is 50.8 Å². The molecule has 0 saturated carbocycles. The number of anilines is 1. The number of esters is 1. The first kappa shape index (κ1) is 19.1. The molecule has 4 aromatic rings. The van der Waals surface area contributed by atoms with E-state index < -0.39 is 24.3 Å². The molecule has 9 heteroatoms. The van der Waals surface area contributed by atoms with Crippen LogP contribution in [0.1, 0.15) is 10.4 Å². The predicted molar refractivity (Wildman–Crippen MR) is 110 cm³/mol. The van der Waals surface area contributed by atoms with Gasteiger partial charge in [0.1, 0.15) is 5.82 Å². The number of aromatic nitrogens is 2. The molecule has 0 unspecified atom stereocenters. The number of aromatic amines is 1. The van der Waals surface area contributed by atoms with Gasteiger partial charge in [-0.1, -0.05) is 29.8 Å². The summed E-state index contributed by atoms with van der Waals surface area (Å²) in [4.78, 5) is 31.7. The minimum absolute atomic E-state index is 0.0169. The molecule has 4 rings (SSSR count). The molecule has 2 aromatic carbocycles. The normalized spacial score (nSPS) is 10.8. The van der Waals surface area contributed by atoms with E-state index in [1.165, 1.54) is 17.4 Å². The summed E-state index contributed by atoms with van der Waals surface area (Å²) in [5.74, 6) is -1.93. The average Bonchev–Trinajstić information content (AvgIpc) is 3.32. The van der Waals surface area contributed by atoms with Gasteiger partial charge >= 0.3 is 5.97 Å². The number of hydrogen-bond acceptors (Lipinski definition) is 5. The molecule has 0 spiro atoms. The van der Waals surface area contributed by atoms with Crippen LogP contribution in [0.5, 0.6) is 0 Å². The molecule has 0 radical (unpaired) electrons. The molecule has 0 aliphatic carbocycles. The highest BCUT2D eigenvalue weighted by atomic mass is 35.5. The minimum atomic E-state index is -0.816. The monoisotopic (exact) mass is 429 g/mol. The van der Waals surface area contributed by atoms with Crippen molar-refractivity contribution in [3.63, 3.8) is 0 Å². The van der Waals surface area contributed by atoms with Crippen LogP contribution in [0.15, 0.2) is 54.0 Å². The molecule has 0 bridgehead atoms. The van der Waals surface area contributed by atoms with Gasteiger partial charge in [-0.05, 0) is 24.3 Å². The zero-order valence-electron chi connectivity index (χ0n) is 14.7. The van der Waals surface area contributed by atoms with Crippen LogP contribution < -0.4 is 5.32 Å². The molecule has 0 fully saturated rings. The number of H-pyrrole nitrogens is 1. The fraction of sp³-hybridized carbons (Fsp3) is 0.0500. The number of halogens is 2. The number of nitrogens with one attached hydrogen (secondary N) is 2. The summed E-state index contributed by atoms with van der Waals surface area (Å²) < 4.78 is 18.0. The number of hydrogen-bond donors (Lipinski definition) is 2. The zero-order chi connectivity index (χ0) is 20.4. The van der Waals surface area contributed by atoms with Crippen molar-refractivity contribution in [1.82, 2.24) is 9.97 Å². The SMILES string of the molecule is O=C(COC(=O)c1ccc(F)cc1Cl)Nc1nc(-c2c[nH]c3ccccc23)cs1. The first-order chi connectivity index (χ1) is 14.0. The second kappa shape index (κ2) is 8.02. The highest BCUT2D eigenvalue weighted by Crippen LogP contribution is 2.30. The number of thiazole rings is 1. The summed E-state index contributed by atoms with van der Waals surface area (Å²) in [5.41, 5.74) is 2.62. The summed E-state index contributed by atoms with van der Waals surface area (Å²) in [6.07, 6.45) is 1.86. The molecule has 0 aliphatic rings. The molecular formula is C20H13ClFN3O3S. The lowest BCUT2D eigenvalue weighted by atomic mass is 10.1. The Bertz CT molecular complexity index is 1220. The number of ether oxygens (including phenoxy) is 1. The Morgan fingerprint density at radius 1 is 1.24 bits per heavy atom. The largest absolute Gasteiger partial charge is 0.452 e. The topological polar surface area (TPSA) is 84.1 Å². The van der Waals surface area contributed by atoms with E-state index in [9.17, 15) is 14.0 Å². The van der Waals surface area contributed by atoms with Crippen LogP contribution in [0.2, 0.25) is 5.02 Å². The molecule has 0 aliphatic heterocycles. The van der Waals surface area contributed by atoms with Crippen molar-refractivity contribution in [2.75, 3.05) is 11.9 Å². The molecule has 146 valence electrons. The Morgan fingerprint density at radius 3 is 2.90 bits per heavy atom. The molecule has 1 amide bonds. The fourth-order valence-corrected chi connectivity index (χ4v) is 3.73. The van der Waals surface area contributed by atoms with Gasteiger partial charge in [-0.15, -0.1) is 11.3 Å². The standard InChI is InChI=1S/C20H13ClFN3O3S/c21-15-7-11(22)5-6-13(15)19(27)28-9-18(26)25-20-24-17(10-29-20)14-8-23-16-4-2-1-3-12(14)16/h1-8,10,23H,9H2,(H,24,25,26). The summed E-state index contributed by atoms with van der Waals surface area (Å²) in [6.45, 7) is -0.519. The number of carbonyl (C=O) groups excluding carboxylic acids is 2. The van der Waals surface area contributed by atoms with Crippen molar-refractivity contribution in [2.24, 2.45) is 0 Å². The number of para-hydroxylation sites is 1. The lowest BCUT2D eigenvalue weighted by molar-refractivity contribution is -0.119. The van der Waals surface area contributed by atoms with Gasteiger partial charge in [0.15, 0.2) is 11.7 Å². The number of nitrogens with zero attached hydrogens (tertiary/aromatic N) is 1. The average molecular weight is 430 g/mol. The summed E-state index contributed by atoms with van der Waals surface area (Å²) in [5, 5.41) is 5.74. The minimum Gasteiger partial charge on any atom is -0.452 e. The van der Waals surface area contributed by atoms with Crippen LogP contribution in [-0.4, -0.2) is 28.5 Å². The summed E-state index contributed by atoms with van der Waals surface area (Å²) in [7, 11) is 0. The molecular weight excluding hydrogens is 417 g/mol. The number of fused-ring (bicyclic) bond motifs is 1. The Labute approximate surface area is 173 Å². The molecule has 0 saturated heterocycles. The third kappa shape index (κ3) is 4.13. The molecule has 6 nitrogen and oxygen atoms in total. The second-order valence-electron chi connectivity index (χ2n) is 6.03. The van der Waals surface area contributed by atoms with Crippen molar-refractivity contribution in [3.8, 4) is 11.3 Å². The van der Waals surface area contributed by atoms with Gasteiger partial charge in [-0.25, -0.2) is 14.2 Å². The smallest absolute Gasteiger partial charge is 0.340 e. The summed E-state index contributed by atoms with van der Waals surface area (Å²) >= 11 is 7.07. The van der Waals surface area contributed by atoms with Crippen LogP contribution in [0, 0.1) is 5.82 Å². The maximum atomic E-state index is 13.0. The third-order valence-corrected chi connectivity index (χ3v) is 5.17. The fourth-order valence-electron chi connectivity index (χ4n) is 2.76. The third-order valence-electron chi connectivity index (χ3n) is 4.10. The number of benzene rings is 2. The second-order valence-corrected chi connectivity index (χ2v) is 7.30. The van der Waals surface area contributed by atoms with Crippen molar-refractivity contribution < 1.29 is 18.7 Å². The molecule has 0 atom stereocenters. The predicted octanol–water partition coefficient (Wildman–Crippen LogP) is 4.88. The quantitative estimate of drug-likeness (QED) is 0.443. The van der Waals surface area contributed by atoms with Crippen LogP contribution >= 0.6 is 22.9 Å². The lowest BCUT2D eigenvalue weighted by Gasteiger charge is -2.06. The van der Waals surface area contributed by atoms with Crippen molar-refractivity contribution in [1.29, 1.82) is 0 Å². The van der Waals surface area contributed by atoms with Crippen molar-refractivity contribution in [2.45, 2.75) is 0 Å². The van der Waals surface area contributed by atoms with Gasteiger partial charge in [0, 0.05) is 28.0 Å².